The first-order valence-corrected chi connectivity index (χ1v) is 7.89. The second-order valence-corrected chi connectivity index (χ2v) is 6.42. The zero-order valence-electron chi connectivity index (χ0n) is 14.5. The van der Waals surface area contributed by atoms with E-state index < -0.39 is 23.3 Å². The van der Waals surface area contributed by atoms with E-state index in [1.54, 1.807) is 18.2 Å². The Kier molecular flexibility index (Phi) is 5.37. The highest BCUT2D eigenvalue weighted by Gasteiger charge is 2.41. The molecule has 0 amide bonds. The number of carboxylic acid groups (broad SMARTS) is 2. The molecule has 0 spiro atoms. The average molecular weight is 349 g/mol. The summed E-state index contributed by atoms with van der Waals surface area (Å²) >= 11 is 0. The smallest absolute Gasteiger partial charge is 0.313 e. The van der Waals surface area contributed by atoms with E-state index in [9.17, 15) is 19.8 Å². The van der Waals surface area contributed by atoms with Gasteiger partial charge in [-0.3, -0.25) is 9.59 Å². The third-order valence-electron chi connectivity index (χ3n) is 4.59. The zero-order chi connectivity index (χ0) is 18.8. The van der Waals surface area contributed by atoms with E-state index in [0.29, 0.717) is 22.6 Å². The Morgan fingerprint density at radius 3 is 2.20 bits per heavy atom. The molecule has 2 unspecified atom stereocenters. The number of nitrogens with two attached hydrogens (primary N) is 1. The summed E-state index contributed by atoms with van der Waals surface area (Å²) in [5.74, 6) is -1.93. The van der Waals surface area contributed by atoms with Crippen LogP contribution in [-0.4, -0.2) is 36.4 Å². The lowest BCUT2D eigenvalue weighted by Crippen LogP contribution is -2.34. The summed E-state index contributed by atoms with van der Waals surface area (Å²) in [7, 11) is 2.99. The number of benzene rings is 1. The number of carboxylic acids is 2. The maximum atomic E-state index is 11.7. The quantitative estimate of drug-likeness (QED) is 0.719. The molecule has 7 heteroatoms. The van der Waals surface area contributed by atoms with Gasteiger partial charge < -0.3 is 25.4 Å². The first kappa shape index (κ1) is 18.8. The Hall–Kier alpha value is -2.54. The summed E-state index contributed by atoms with van der Waals surface area (Å²) < 4.78 is 10.9. The molecule has 0 heterocycles. The van der Waals surface area contributed by atoms with Gasteiger partial charge in [0.1, 0.15) is 11.5 Å². The summed E-state index contributed by atoms with van der Waals surface area (Å²) in [5.41, 5.74) is 6.36. The van der Waals surface area contributed by atoms with Crippen LogP contribution in [-0.2, 0) is 16.1 Å². The summed E-state index contributed by atoms with van der Waals surface area (Å²) in [6.45, 7) is 1.81. The van der Waals surface area contributed by atoms with Crippen molar-refractivity contribution in [3.63, 3.8) is 0 Å². The summed E-state index contributed by atoms with van der Waals surface area (Å²) in [4.78, 5) is 23.3. The molecule has 1 aromatic rings. The van der Waals surface area contributed by atoms with Crippen molar-refractivity contribution in [3.8, 4) is 11.5 Å². The third-order valence-corrected chi connectivity index (χ3v) is 4.59. The molecule has 2 atom stereocenters. The largest absolute Gasteiger partial charge is 0.496 e. The van der Waals surface area contributed by atoms with Crippen LogP contribution in [0, 0.1) is 11.3 Å². The Bertz CT molecular complexity index is 701. The Morgan fingerprint density at radius 1 is 1.24 bits per heavy atom. The van der Waals surface area contributed by atoms with Crippen LogP contribution >= 0.6 is 0 Å². The van der Waals surface area contributed by atoms with Gasteiger partial charge in [-0.2, -0.15) is 0 Å². The van der Waals surface area contributed by atoms with Gasteiger partial charge in [-0.25, -0.2) is 0 Å². The molecule has 1 aromatic carbocycles. The lowest BCUT2D eigenvalue weighted by atomic mass is 9.71. The SMILES string of the molecule is COc1cc(CN)cc(OC)c1C1=CC(C)(C(=O)O)CC(C(=O)O)C1. The van der Waals surface area contributed by atoms with Gasteiger partial charge in [0.05, 0.1) is 31.1 Å². The molecule has 0 saturated carbocycles. The van der Waals surface area contributed by atoms with Gasteiger partial charge in [0, 0.05) is 6.54 Å². The molecule has 0 saturated heterocycles. The molecule has 136 valence electrons. The molecule has 0 bridgehead atoms. The van der Waals surface area contributed by atoms with Gasteiger partial charge in [-0.05, 0) is 43.0 Å². The number of carbonyl (C=O) groups is 2. The van der Waals surface area contributed by atoms with Gasteiger partial charge in [0.25, 0.3) is 0 Å². The molecule has 0 aromatic heterocycles. The number of methoxy groups -OCH3 is 2. The minimum absolute atomic E-state index is 0.0344. The number of aliphatic carboxylic acids is 2. The van der Waals surface area contributed by atoms with Crippen LogP contribution in [0.5, 0.6) is 11.5 Å². The third kappa shape index (κ3) is 3.61. The topological polar surface area (TPSA) is 119 Å². The number of hydrogen-bond donors (Lipinski definition) is 3. The zero-order valence-corrected chi connectivity index (χ0v) is 14.5. The van der Waals surface area contributed by atoms with Gasteiger partial charge in [0.2, 0.25) is 0 Å². The fourth-order valence-corrected chi connectivity index (χ4v) is 3.25. The molecule has 1 aliphatic rings. The van der Waals surface area contributed by atoms with Gasteiger partial charge in [-0.15, -0.1) is 0 Å². The lowest BCUT2D eigenvalue weighted by Gasteiger charge is -2.32. The van der Waals surface area contributed by atoms with Crippen molar-refractivity contribution >= 4 is 17.5 Å². The van der Waals surface area contributed by atoms with E-state index in [-0.39, 0.29) is 19.4 Å². The van der Waals surface area contributed by atoms with E-state index in [2.05, 4.69) is 0 Å². The minimum atomic E-state index is -1.28. The van der Waals surface area contributed by atoms with Crippen LogP contribution < -0.4 is 15.2 Å². The number of ether oxygens (including phenoxy) is 2. The molecule has 7 nitrogen and oxygen atoms in total. The monoisotopic (exact) mass is 349 g/mol. The molecule has 0 fully saturated rings. The van der Waals surface area contributed by atoms with Crippen LogP contribution in [0.1, 0.15) is 30.9 Å². The van der Waals surface area contributed by atoms with Crippen LogP contribution in [0.3, 0.4) is 0 Å². The number of hydrogen-bond acceptors (Lipinski definition) is 5. The molecule has 25 heavy (non-hydrogen) atoms. The molecular weight excluding hydrogens is 326 g/mol. The summed E-state index contributed by atoms with van der Waals surface area (Å²) in [6, 6.07) is 3.50. The average Bonchev–Trinajstić information content (AvgIpc) is 2.59. The fourth-order valence-electron chi connectivity index (χ4n) is 3.25. The van der Waals surface area contributed by atoms with Crippen molar-refractivity contribution in [2.45, 2.75) is 26.3 Å². The predicted octanol–water partition coefficient (Wildman–Crippen LogP) is 2.13. The molecule has 0 radical (unpaired) electrons. The van der Waals surface area contributed by atoms with Crippen molar-refractivity contribution in [2.75, 3.05) is 14.2 Å². The van der Waals surface area contributed by atoms with Gasteiger partial charge in [0.15, 0.2) is 0 Å². The highest BCUT2D eigenvalue weighted by molar-refractivity contribution is 5.87. The maximum absolute atomic E-state index is 11.7. The van der Waals surface area contributed by atoms with E-state index in [4.69, 9.17) is 15.2 Å². The number of rotatable bonds is 6. The van der Waals surface area contributed by atoms with Crippen molar-refractivity contribution in [3.05, 3.63) is 29.3 Å². The molecule has 2 rings (SSSR count). The lowest BCUT2D eigenvalue weighted by molar-refractivity contribution is -0.149. The molecule has 4 N–H and O–H groups in total. The van der Waals surface area contributed by atoms with E-state index in [1.165, 1.54) is 21.1 Å². The maximum Gasteiger partial charge on any atom is 0.313 e. The van der Waals surface area contributed by atoms with Crippen molar-refractivity contribution in [1.82, 2.24) is 0 Å². The van der Waals surface area contributed by atoms with Crippen LogP contribution in [0.15, 0.2) is 18.2 Å². The van der Waals surface area contributed by atoms with Gasteiger partial charge >= 0.3 is 11.9 Å². The summed E-state index contributed by atoms with van der Waals surface area (Å²) in [6.07, 6.45) is 1.84. The molecule has 1 aliphatic carbocycles. The molecule has 0 aliphatic heterocycles. The van der Waals surface area contributed by atoms with Crippen molar-refractivity contribution in [2.24, 2.45) is 17.1 Å². The Labute approximate surface area is 146 Å². The predicted molar refractivity (Wildman–Crippen MR) is 91.5 cm³/mol. The van der Waals surface area contributed by atoms with Gasteiger partial charge in [-0.1, -0.05) is 6.08 Å². The minimum Gasteiger partial charge on any atom is -0.496 e. The highest BCUT2D eigenvalue weighted by Crippen LogP contribution is 2.46. The van der Waals surface area contributed by atoms with Crippen molar-refractivity contribution < 1.29 is 29.3 Å². The standard InChI is InChI=1S/C18H23NO6/c1-18(17(22)23)7-11(6-12(8-18)16(20)21)15-13(24-2)4-10(9-19)5-14(15)25-3/h4-5,7,12H,6,8-9,19H2,1-3H3,(H,20,21)(H,22,23). The van der Waals surface area contributed by atoms with E-state index in [0.717, 1.165) is 5.56 Å². The van der Waals surface area contributed by atoms with E-state index in [1.807, 2.05) is 0 Å². The normalized spacial score (nSPS) is 22.9. The first-order valence-electron chi connectivity index (χ1n) is 7.89. The fraction of sp³-hybridized carbons (Fsp3) is 0.444. The molecular formula is C18H23NO6. The highest BCUT2D eigenvalue weighted by atomic mass is 16.5. The van der Waals surface area contributed by atoms with Crippen LogP contribution in [0.25, 0.3) is 5.57 Å². The van der Waals surface area contributed by atoms with Crippen LogP contribution in [0.2, 0.25) is 0 Å². The van der Waals surface area contributed by atoms with E-state index >= 15 is 0 Å². The second-order valence-electron chi connectivity index (χ2n) is 6.42. The number of allylic oxidation sites excluding steroid dienone is 1. The second kappa shape index (κ2) is 7.14. The summed E-state index contributed by atoms with van der Waals surface area (Å²) in [5, 5.41) is 19.0. The Morgan fingerprint density at radius 2 is 1.80 bits per heavy atom. The Balaban J connectivity index is 2.67. The first-order chi connectivity index (χ1) is 11.8. The van der Waals surface area contributed by atoms with Crippen LogP contribution in [0.4, 0.5) is 0 Å². The van der Waals surface area contributed by atoms with Crippen molar-refractivity contribution in [1.29, 1.82) is 0 Å².